The Hall–Kier alpha value is -4.89. The number of aliphatic hydroxyl groups is 1. The lowest BCUT2D eigenvalue weighted by atomic mass is 10.00. The highest BCUT2D eigenvalue weighted by Gasteiger charge is 2.34. The maximum Gasteiger partial charge on any atom is 0.270 e. The van der Waals surface area contributed by atoms with Crippen LogP contribution in [0.4, 0.5) is 0 Å². The lowest BCUT2D eigenvalue weighted by molar-refractivity contribution is -0.144. The van der Waals surface area contributed by atoms with Crippen LogP contribution in [-0.4, -0.2) is 78.6 Å². The highest BCUT2D eigenvalue weighted by molar-refractivity contribution is 7.89. The van der Waals surface area contributed by atoms with Gasteiger partial charge in [0.15, 0.2) is 0 Å². The fourth-order valence-corrected chi connectivity index (χ4v) is 6.21. The van der Waals surface area contributed by atoms with Gasteiger partial charge in [0, 0.05) is 5.39 Å². The number of hydrogen-bond acceptors (Lipinski definition) is 9. The third-order valence-electron chi connectivity index (χ3n) is 7.78. The molecule has 4 unspecified atom stereocenters. The maximum absolute atomic E-state index is 13.7. The van der Waals surface area contributed by atoms with Crippen LogP contribution >= 0.6 is 0 Å². The number of sulfonamides is 1. The summed E-state index contributed by atoms with van der Waals surface area (Å²) >= 11 is 0. The lowest BCUT2D eigenvalue weighted by Crippen LogP contribution is -2.56. The molecule has 0 spiro atoms. The van der Waals surface area contributed by atoms with Crippen molar-refractivity contribution in [2.24, 2.45) is 5.73 Å². The van der Waals surface area contributed by atoms with Gasteiger partial charge in [0.2, 0.25) is 11.8 Å². The van der Waals surface area contributed by atoms with E-state index >= 15 is 0 Å². The Bertz CT molecular complexity index is 1840. The van der Waals surface area contributed by atoms with E-state index in [4.69, 9.17) is 15.3 Å². The van der Waals surface area contributed by atoms with E-state index in [1.807, 2.05) is 19.1 Å². The number of aromatic nitrogens is 1. The van der Waals surface area contributed by atoms with Crippen LogP contribution in [0.3, 0.4) is 0 Å². The predicted molar refractivity (Wildman–Crippen MR) is 183 cm³/mol. The van der Waals surface area contributed by atoms with Crippen molar-refractivity contribution in [1.82, 2.24) is 20.1 Å². The monoisotopic (exact) mass is 691 g/mol. The molecule has 1 aromatic heterocycles. The van der Waals surface area contributed by atoms with E-state index in [1.54, 1.807) is 55.5 Å². The Morgan fingerprint density at radius 3 is 2.27 bits per heavy atom. The van der Waals surface area contributed by atoms with Gasteiger partial charge in [-0.2, -0.15) is 0 Å². The summed E-state index contributed by atoms with van der Waals surface area (Å²) in [6, 6.07) is 22.5. The van der Waals surface area contributed by atoms with Crippen LogP contribution in [0, 0.1) is 0 Å². The molecular weight excluding hydrogens is 650 g/mol. The van der Waals surface area contributed by atoms with Crippen molar-refractivity contribution in [2.45, 2.75) is 62.3 Å². The van der Waals surface area contributed by atoms with Gasteiger partial charge in [0.05, 0.1) is 48.7 Å². The molecule has 0 aliphatic rings. The van der Waals surface area contributed by atoms with Gasteiger partial charge >= 0.3 is 0 Å². The zero-order chi connectivity index (χ0) is 35.6. The number of nitrogens with one attached hydrogen (secondary N) is 2. The number of hydrogen-bond donors (Lipinski definition) is 4. The Morgan fingerprint density at radius 2 is 1.61 bits per heavy atom. The molecule has 4 atom stereocenters. The van der Waals surface area contributed by atoms with Gasteiger partial charge in [-0.25, -0.2) is 13.4 Å². The summed E-state index contributed by atoms with van der Waals surface area (Å²) in [6.07, 6.45) is -2.07. The van der Waals surface area contributed by atoms with Crippen LogP contribution in [0.25, 0.3) is 10.9 Å². The number of primary amides is 1. The molecule has 13 nitrogen and oxygen atoms in total. The second-order valence-electron chi connectivity index (χ2n) is 11.4. The number of carbonyl (C=O) groups excluding carboxylic acids is 3. The molecule has 14 heteroatoms. The Labute approximate surface area is 285 Å². The zero-order valence-corrected chi connectivity index (χ0v) is 28.3. The van der Waals surface area contributed by atoms with Crippen LogP contribution in [0.1, 0.15) is 42.7 Å². The van der Waals surface area contributed by atoms with Crippen molar-refractivity contribution in [1.29, 1.82) is 0 Å². The first-order valence-corrected chi connectivity index (χ1v) is 17.2. The van der Waals surface area contributed by atoms with Crippen LogP contribution in [0.2, 0.25) is 0 Å². The number of pyridine rings is 1. The van der Waals surface area contributed by atoms with Crippen LogP contribution in [-0.2, 0) is 30.9 Å². The summed E-state index contributed by atoms with van der Waals surface area (Å²) in [7, 11) is -2.84. The molecule has 0 aliphatic heterocycles. The highest BCUT2D eigenvalue weighted by Crippen LogP contribution is 2.22. The molecule has 49 heavy (non-hydrogen) atoms. The number of para-hydroxylation sites is 1. The fourth-order valence-electron chi connectivity index (χ4n) is 4.89. The van der Waals surface area contributed by atoms with Crippen molar-refractivity contribution in [3.05, 3.63) is 102 Å². The number of nitrogens with zero attached hydrogens (tertiary/aromatic N) is 2. The van der Waals surface area contributed by atoms with E-state index in [1.165, 1.54) is 37.4 Å². The van der Waals surface area contributed by atoms with Crippen molar-refractivity contribution in [3.8, 4) is 5.75 Å². The third kappa shape index (κ3) is 10.1. The number of carbonyl (C=O) groups is 3. The molecule has 0 saturated heterocycles. The molecule has 0 saturated carbocycles. The van der Waals surface area contributed by atoms with Crippen LogP contribution < -0.4 is 21.1 Å². The summed E-state index contributed by atoms with van der Waals surface area (Å²) in [4.78, 5) is 49.0. The summed E-state index contributed by atoms with van der Waals surface area (Å²) in [5.74, 6) is -1.94. The number of benzene rings is 3. The summed E-state index contributed by atoms with van der Waals surface area (Å²) in [5.41, 5.74) is 6.74. The minimum Gasteiger partial charge on any atom is -0.497 e. The zero-order valence-electron chi connectivity index (χ0n) is 27.5. The molecule has 3 aromatic carbocycles. The molecule has 4 aromatic rings. The molecule has 0 fully saturated rings. The molecule has 5 N–H and O–H groups in total. The summed E-state index contributed by atoms with van der Waals surface area (Å²) in [6.45, 7) is 2.94. The average Bonchev–Trinajstić information content (AvgIpc) is 3.10. The van der Waals surface area contributed by atoms with Crippen molar-refractivity contribution in [3.63, 3.8) is 0 Å². The topological polar surface area (TPSA) is 190 Å². The molecule has 1 heterocycles. The Kier molecular flexibility index (Phi) is 12.8. The minimum absolute atomic E-state index is 0.0170. The Morgan fingerprint density at radius 1 is 0.939 bits per heavy atom. The largest absolute Gasteiger partial charge is 0.497 e. The lowest BCUT2D eigenvalue weighted by Gasteiger charge is -2.31. The molecule has 0 aliphatic carbocycles. The van der Waals surface area contributed by atoms with E-state index in [0.29, 0.717) is 22.2 Å². The molecule has 260 valence electrons. The van der Waals surface area contributed by atoms with Crippen molar-refractivity contribution in [2.75, 3.05) is 13.7 Å². The van der Waals surface area contributed by atoms with Gasteiger partial charge < -0.3 is 26.2 Å². The van der Waals surface area contributed by atoms with E-state index in [-0.39, 0.29) is 17.0 Å². The SMILES string of the molecule is CCC(C)ON(CC(O)C(Cc1ccccc1)NC(=O)C(CC(N)=O)NC(=O)c1ccc2ccccc2n1)S(=O)(=O)c1ccc(OC)cc1. The van der Waals surface area contributed by atoms with Gasteiger partial charge in [0.1, 0.15) is 17.5 Å². The van der Waals surface area contributed by atoms with Gasteiger partial charge in [-0.3, -0.25) is 19.2 Å². The first kappa shape index (κ1) is 36.9. The van der Waals surface area contributed by atoms with Gasteiger partial charge in [-0.15, -0.1) is 0 Å². The molecule has 0 bridgehead atoms. The molecular formula is C35H41N5O8S. The van der Waals surface area contributed by atoms with Crippen molar-refractivity contribution < 1.29 is 37.5 Å². The molecule has 4 rings (SSSR count). The number of fused-ring (bicyclic) bond motifs is 1. The number of amides is 3. The second kappa shape index (κ2) is 17.0. The van der Waals surface area contributed by atoms with Gasteiger partial charge in [-0.05, 0) is 61.7 Å². The summed E-state index contributed by atoms with van der Waals surface area (Å²) < 4.78 is 33.4. The minimum atomic E-state index is -4.30. The highest BCUT2D eigenvalue weighted by atomic mass is 32.2. The third-order valence-corrected chi connectivity index (χ3v) is 9.42. The van der Waals surface area contributed by atoms with E-state index in [9.17, 15) is 27.9 Å². The van der Waals surface area contributed by atoms with E-state index < -0.39 is 65.0 Å². The van der Waals surface area contributed by atoms with Crippen LogP contribution in [0.15, 0.2) is 95.9 Å². The quantitative estimate of drug-likeness (QED) is 0.121. The number of rotatable bonds is 17. The molecule has 0 radical (unpaired) electrons. The first-order chi connectivity index (χ1) is 23.4. The number of methoxy groups -OCH3 is 1. The average molecular weight is 692 g/mol. The molecule has 3 amide bonds. The standard InChI is InChI=1S/C35H41N5O8S/c1-4-23(2)48-40(49(45,46)27-17-15-26(47-3)16-18-27)22-32(41)30(20-24-10-6-5-7-11-24)38-35(44)31(21-33(36)42)39-34(43)29-19-14-25-12-8-9-13-28(25)37-29/h5-19,23,30-32,41H,4,20-22H2,1-3H3,(H2,36,42)(H,38,44)(H,39,43). The predicted octanol–water partition coefficient (Wildman–Crippen LogP) is 2.73. The first-order valence-electron chi connectivity index (χ1n) is 15.7. The second-order valence-corrected chi connectivity index (χ2v) is 13.3. The number of ether oxygens (including phenoxy) is 1. The number of aliphatic hydroxyl groups excluding tert-OH is 1. The maximum atomic E-state index is 13.7. The van der Waals surface area contributed by atoms with Crippen LogP contribution in [0.5, 0.6) is 5.75 Å². The van der Waals surface area contributed by atoms with Gasteiger partial charge in [0.25, 0.3) is 15.9 Å². The Balaban J connectivity index is 1.60. The summed E-state index contributed by atoms with van der Waals surface area (Å²) in [5, 5.41) is 17.6. The van der Waals surface area contributed by atoms with E-state index in [2.05, 4.69) is 15.6 Å². The fraction of sp³-hybridized carbons (Fsp3) is 0.314. The van der Waals surface area contributed by atoms with E-state index in [0.717, 1.165) is 10.9 Å². The van der Waals surface area contributed by atoms with Gasteiger partial charge in [-0.1, -0.05) is 66.0 Å². The number of nitrogens with two attached hydrogens (primary N) is 1. The normalized spacial score (nSPS) is 14.1. The smallest absolute Gasteiger partial charge is 0.270 e. The number of hydroxylamine groups is 1. The van der Waals surface area contributed by atoms with Crippen molar-refractivity contribution >= 4 is 38.6 Å².